The SMILES string of the molecule is CSN(C)c1ncccc1CNc1nc(Nc2ccc(C(=O)N3CCC[C@@H](O)C3)cc2)ncc1C(F)(F)F. The van der Waals surface area contributed by atoms with Crippen LogP contribution in [0.5, 0.6) is 0 Å². The molecule has 1 saturated heterocycles. The third-order valence-corrected chi connectivity index (χ3v) is 6.77. The lowest BCUT2D eigenvalue weighted by molar-refractivity contribution is -0.137. The van der Waals surface area contributed by atoms with Crippen molar-refractivity contribution in [3.8, 4) is 0 Å². The number of anilines is 4. The first-order chi connectivity index (χ1) is 18.2. The van der Waals surface area contributed by atoms with Crippen LogP contribution in [0.15, 0.2) is 48.8 Å². The highest BCUT2D eigenvalue weighted by Gasteiger charge is 2.35. The number of aromatic nitrogens is 3. The van der Waals surface area contributed by atoms with Gasteiger partial charge in [-0.05, 0) is 43.2 Å². The van der Waals surface area contributed by atoms with Crippen LogP contribution < -0.4 is 14.9 Å². The quantitative estimate of drug-likeness (QED) is 0.350. The monoisotopic (exact) mass is 547 g/mol. The lowest BCUT2D eigenvalue weighted by atomic mass is 10.1. The highest BCUT2D eigenvalue weighted by Crippen LogP contribution is 2.34. The molecule has 3 aromatic rings. The Labute approximate surface area is 222 Å². The van der Waals surface area contributed by atoms with E-state index in [0.717, 1.165) is 12.6 Å². The van der Waals surface area contributed by atoms with Gasteiger partial charge in [0.15, 0.2) is 0 Å². The third-order valence-electron chi connectivity index (χ3n) is 6.05. The van der Waals surface area contributed by atoms with E-state index in [1.807, 2.05) is 17.6 Å². The van der Waals surface area contributed by atoms with Gasteiger partial charge in [-0.25, -0.2) is 9.97 Å². The van der Waals surface area contributed by atoms with Crippen LogP contribution in [0.4, 0.5) is 36.4 Å². The second-order valence-electron chi connectivity index (χ2n) is 8.72. The second kappa shape index (κ2) is 11.9. The van der Waals surface area contributed by atoms with Crippen LogP contribution in [-0.2, 0) is 12.7 Å². The normalized spacial score (nSPS) is 15.7. The molecular weight excluding hydrogens is 519 g/mol. The molecule has 0 aliphatic carbocycles. The number of alkyl halides is 3. The van der Waals surface area contributed by atoms with E-state index in [9.17, 15) is 23.1 Å². The summed E-state index contributed by atoms with van der Waals surface area (Å²) in [6.45, 7) is 0.941. The zero-order valence-electron chi connectivity index (χ0n) is 20.9. The number of amides is 1. The van der Waals surface area contributed by atoms with E-state index in [1.165, 1.54) is 11.9 Å². The first-order valence-electron chi connectivity index (χ1n) is 11.9. The molecule has 38 heavy (non-hydrogen) atoms. The highest BCUT2D eigenvalue weighted by atomic mass is 32.2. The van der Waals surface area contributed by atoms with Gasteiger partial charge in [0.1, 0.15) is 17.2 Å². The number of halogens is 3. The average Bonchev–Trinajstić information content (AvgIpc) is 2.91. The minimum atomic E-state index is -4.65. The van der Waals surface area contributed by atoms with Crippen molar-refractivity contribution < 1.29 is 23.1 Å². The number of β-amino-alcohol motifs (C(OH)–C–C–N with tert-alkyl or cyclic N) is 1. The Kier molecular flexibility index (Phi) is 8.57. The number of piperidine rings is 1. The van der Waals surface area contributed by atoms with E-state index in [-0.39, 0.29) is 24.2 Å². The Balaban J connectivity index is 1.50. The van der Waals surface area contributed by atoms with Crippen LogP contribution in [0.25, 0.3) is 0 Å². The van der Waals surface area contributed by atoms with E-state index >= 15 is 0 Å². The van der Waals surface area contributed by atoms with Gasteiger partial charge in [-0.1, -0.05) is 18.0 Å². The lowest BCUT2D eigenvalue weighted by Gasteiger charge is -2.30. The maximum atomic E-state index is 13.7. The number of benzene rings is 1. The number of aliphatic hydroxyl groups excluding tert-OH is 1. The summed E-state index contributed by atoms with van der Waals surface area (Å²) in [4.78, 5) is 26.6. The average molecular weight is 548 g/mol. The van der Waals surface area contributed by atoms with E-state index in [4.69, 9.17) is 0 Å². The Hall–Kier alpha value is -3.58. The van der Waals surface area contributed by atoms with Crippen LogP contribution in [0.3, 0.4) is 0 Å². The molecule has 1 atom stereocenters. The summed E-state index contributed by atoms with van der Waals surface area (Å²) in [5.74, 6) is 0.0371. The smallest absolute Gasteiger partial charge is 0.391 e. The number of hydrogen-bond donors (Lipinski definition) is 3. The predicted octanol–water partition coefficient (Wildman–Crippen LogP) is 4.56. The van der Waals surface area contributed by atoms with Crippen LogP contribution >= 0.6 is 11.9 Å². The fourth-order valence-electron chi connectivity index (χ4n) is 4.05. The summed E-state index contributed by atoms with van der Waals surface area (Å²) in [6.07, 6.45) is 0.461. The molecule has 1 fully saturated rings. The highest BCUT2D eigenvalue weighted by molar-refractivity contribution is 7.99. The number of hydrogen-bond acceptors (Lipinski definition) is 9. The maximum Gasteiger partial charge on any atom is 0.421 e. The number of carbonyl (C=O) groups excluding carboxylic acids is 1. The number of carbonyl (C=O) groups is 1. The number of nitrogens with one attached hydrogen (secondary N) is 2. The van der Waals surface area contributed by atoms with Gasteiger partial charge in [0.05, 0.1) is 6.10 Å². The molecular formula is C25H28F3N7O2S. The Morgan fingerprint density at radius 1 is 1.24 bits per heavy atom. The Morgan fingerprint density at radius 2 is 2.00 bits per heavy atom. The number of aliphatic hydroxyl groups is 1. The van der Waals surface area contributed by atoms with Crippen molar-refractivity contribution in [3.05, 3.63) is 65.5 Å². The molecule has 0 bridgehead atoms. The summed E-state index contributed by atoms with van der Waals surface area (Å²) < 4.78 is 42.8. The zero-order chi connectivity index (χ0) is 27.3. The molecule has 0 unspecified atom stereocenters. The summed E-state index contributed by atoms with van der Waals surface area (Å²) in [5, 5.41) is 15.5. The molecule has 202 valence electrons. The van der Waals surface area contributed by atoms with Gasteiger partial charge >= 0.3 is 6.18 Å². The van der Waals surface area contributed by atoms with Crippen LogP contribution in [0, 0.1) is 0 Å². The van der Waals surface area contributed by atoms with Crippen molar-refractivity contribution in [2.24, 2.45) is 0 Å². The molecule has 0 spiro atoms. The molecule has 1 aliphatic rings. The number of rotatable bonds is 8. The van der Waals surface area contributed by atoms with Crippen molar-refractivity contribution >= 4 is 41.1 Å². The lowest BCUT2D eigenvalue weighted by Crippen LogP contribution is -2.42. The van der Waals surface area contributed by atoms with Gasteiger partial charge in [-0.2, -0.15) is 18.2 Å². The Bertz CT molecular complexity index is 1260. The number of likely N-dealkylation sites (tertiary alicyclic amines) is 1. The molecule has 3 N–H and O–H groups in total. The van der Waals surface area contributed by atoms with Crippen LogP contribution in [0.1, 0.15) is 34.3 Å². The summed E-state index contributed by atoms with van der Waals surface area (Å²) in [5.41, 5.74) is 0.661. The number of pyridine rings is 1. The first-order valence-corrected chi connectivity index (χ1v) is 13.1. The molecule has 1 aliphatic heterocycles. The van der Waals surface area contributed by atoms with Gasteiger partial charge in [-0.3, -0.25) is 4.79 Å². The third kappa shape index (κ3) is 6.64. The standard InChI is InChI=1S/C25H28F3N7O2S/c1-34(38-2)22-17(5-3-11-29-22)13-30-21-20(25(26,27)28)14-31-24(33-21)32-18-9-7-16(8-10-18)23(37)35-12-4-6-19(36)15-35/h3,5,7-11,14,19,36H,4,6,12-13,15H2,1-2H3,(H2,30,31,32,33)/t19-/m1/s1. The molecule has 4 rings (SSSR count). The fraction of sp³-hybridized carbons (Fsp3) is 0.360. The minimum Gasteiger partial charge on any atom is -0.391 e. The van der Waals surface area contributed by atoms with Gasteiger partial charge in [0.25, 0.3) is 5.91 Å². The first kappa shape index (κ1) is 27.5. The zero-order valence-corrected chi connectivity index (χ0v) is 21.7. The van der Waals surface area contributed by atoms with E-state index < -0.39 is 17.8 Å². The molecule has 0 saturated carbocycles. The molecule has 9 nitrogen and oxygen atoms in total. The van der Waals surface area contributed by atoms with E-state index in [1.54, 1.807) is 47.5 Å². The van der Waals surface area contributed by atoms with Crippen molar-refractivity contribution in [2.45, 2.75) is 31.7 Å². The van der Waals surface area contributed by atoms with Crippen molar-refractivity contribution in [1.29, 1.82) is 0 Å². The molecule has 1 aromatic carbocycles. The number of nitrogens with zero attached hydrogens (tertiary/aromatic N) is 5. The largest absolute Gasteiger partial charge is 0.421 e. The van der Waals surface area contributed by atoms with Crippen LogP contribution in [0.2, 0.25) is 0 Å². The van der Waals surface area contributed by atoms with E-state index in [2.05, 4.69) is 25.6 Å². The molecule has 2 aromatic heterocycles. The van der Waals surface area contributed by atoms with Crippen LogP contribution in [-0.4, -0.2) is 63.4 Å². The summed E-state index contributed by atoms with van der Waals surface area (Å²) in [7, 11) is 1.82. The fourth-order valence-corrected chi connectivity index (χ4v) is 4.39. The topological polar surface area (TPSA) is 107 Å². The minimum absolute atomic E-state index is 0.0358. The summed E-state index contributed by atoms with van der Waals surface area (Å²) in [6, 6.07) is 9.98. The summed E-state index contributed by atoms with van der Waals surface area (Å²) >= 11 is 1.43. The Morgan fingerprint density at radius 3 is 2.68 bits per heavy atom. The molecule has 0 radical (unpaired) electrons. The van der Waals surface area contributed by atoms with Gasteiger partial charge in [0, 0.05) is 62.1 Å². The van der Waals surface area contributed by atoms with E-state index in [0.29, 0.717) is 42.1 Å². The molecule has 3 heterocycles. The molecule has 1 amide bonds. The maximum absolute atomic E-state index is 13.7. The van der Waals surface area contributed by atoms with Crippen molar-refractivity contribution in [3.63, 3.8) is 0 Å². The van der Waals surface area contributed by atoms with Crippen molar-refractivity contribution in [2.75, 3.05) is 41.3 Å². The van der Waals surface area contributed by atoms with Gasteiger partial charge < -0.3 is 24.9 Å². The van der Waals surface area contributed by atoms with Gasteiger partial charge in [-0.15, -0.1) is 0 Å². The molecule has 13 heteroatoms. The van der Waals surface area contributed by atoms with Crippen molar-refractivity contribution in [1.82, 2.24) is 19.9 Å². The second-order valence-corrected chi connectivity index (χ2v) is 9.64. The van der Waals surface area contributed by atoms with Gasteiger partial charge in [0.2, 0.25) is 5.95 Å². The predicted molar refractivity (Wildman–Crippen MR) is 141 cm³/mol.